The molecule has 0 aliphatic heterocycles. The number of aromatic hydroxyl groups is 1. The number of alkyl carbamates (subject to hydrolysis) is 1. The number of aryl methyl sites for hydroxylation is 2. The molecule has 0 aliphatic rings. The number of unbranched alkanes of at least 4 members (excludes halogenated alkanes) is 1. The van der Waals surface area contributed by atoms with E-state index >= 15 is 0 Å². The number of amides is 3. The molecule has 0 aromatic heterocycles. The van der Waals surface area contributed by atoms with Gasteiger partial charge in [-0.25, -0.2) is 4.79 Å². The number of rotatable bonds is 9. The molecule has 0 radical (unpaired) electrons. The van der Waals surface area contributed by atoms with Crippen LogP contribution in [-0.4, -0.2) is 46.1 Å². The Morgan fingerprint density at radius 1 is 1.03 bits per heavy atom. The maximum absolute atomic E-state index is 13.8. The van der Waals surface area contributed by atoms with Crippen molar-refractivity contribution in [3.05, 3.63) is 59.2 Å². The SMILES string of the molecule is CCCCN(C(=O)C(C)NC(=O)OC(C)(C)C)C(C(=O)Nc1c(C)cccc1C)c1ccccc1O. The van der Waals surface area contributed by atoms with Crippen LogP contribution in [0.4, 0.5) is 10.5 Å². The topological polar surface area (TPSA) is 108 Å². The summed E-state index contributed by atoms with van der Waals surface area (Å²) >= 11 is 0. The van der Waals surface area contributed by atoms with Crippen LogP contribution in [0.25, 0.3) is 0 Å². The Labute approximate surface area is 214 Å². The molecule has 8 nitrogen and oxygen atoms in total. The summed E-state index contributed by atoms with van der Waals surface area (Å²) in [7, 11) is 0. The van der Waals surface area contributed by atoms with Crippen LogP contribution in [0.5, 0.6) is 5.75 Å². The summed E-state index contributed by atoms with van der Waals surface area (Å²) in [6.45, 7) is 12.8. The highest BCUT2D eigenvalue weighted by molar-refractivity contribution is 6.00. The van der Waals surface area contributed by atoms with Crippen molar-refractivity contribution < 1.29 is 24.2 Å². The number of anilines is 1. The third kappa shape index (κ3) is 7.73. The summed E-state index contributed by atoms with van der Waals surface area (Å²) in [6.07, 6.45) is 0.688. The first kappa shape index (κ1) is 28.7. The van der Waals surface area contributed by atoms with E-state index in [1.54, 1.807) is 45.9 Å². The maximum atomic E-state index is 13.8. The van der Waals surface area contributed by atoms with Crippen molar-refractivity contribution in [3.8, 4) is 5.75 Å². The van der Waals surface area contributed by atoms with E-state index in [9.17, 15) is 19.5 Å². The van der Waals surface area contributed by atoms with Crippen LogP contribution in [0.1, 0.15) is 70.2 Å². The lowest BCUT2D eigenvalue weighted by Crippen LogP contribution is -2.51. The van der Waals surface area contributed by atoms with Crippen LogP contribution in [-0.2, 0) is 14.3 Å². The van der Waals surface area contributed by atoms with Crippen molar-refractivity contribution in [1.29, 1.82) is 0 Å². The fraction of sp³-hybridized carbons (Fsp3) is 0.464. The number of hydrogen-bond acceptors (Lipinski definition) is 5. The first-order valence-corrected chi connectivity index (χ1v) is 12.3. The largest absolute Gasteiger partial charge is 0.508 e. The Morgan fingerprint density at radius 3 is 2.19 bits per heavy atom. The number of nitrogens with one attached hydrogen (secondary N) is 2. The molecule has 2 unspecified atom stereocenters. The number of carbonyl (C=O) groups excluding carboxylic acids is 3. The molecule has 3 N–H and O–H groups in total. The highest BCUT2D eigenvalue weighted by Gasteiger charge is 2.36. The van der Waals surface area contributed by atoms with Crippen molar-refractivity contribution in [2.45, 2.75) is 79.0 Å². The van der Waals surface area contributed by atoms with Gasteiger partial charge in [0.15, 0.2) is 0 Å². The van der Waals surface area contributed by atoms with Gasteiger partial charge < -0.3 is 25.4 Å². The van der Waals surface area contributed by atoms with Gasteiger partial charge in [-0.05, 0) is 65.2 Å². The number of phenols is 1. The molecule has 0 heterocycles. The third-order valence-electron chi connectivity index (χ3n) is 5.66. The van der Waals surface area contributed by atoms with E-state index in [0.29, 0.717) is 17.7 Å². The summed E-state index contributed by atoms with van der Waals surface area (Å²) in [5, 5.41) is 16.2. The highest BCUT2D eigenvalue weighted by atomic mass is 16.6. The minimum Gasteiger partial charge on any atom is -0.508 e. The summed E-state index contributed by atoms with van der Waals surface area (Å²) in [4.78, 5) is 41.2. The molecule has 0 spiro atoms. The van der Waals surface area contributed by atoms with E-state index in [1.165, 1.54) is 11.0 Å². The van der Waals surface area contributed by atoms with Crippen LogP contribution in [0.2, 0.25) is 0 Å². The van der Waals surface area contributed by atoms with E-state index in [4.69, 9.17) is 4.74 Å². The number of benzene rings is 2. The van der Waals surface area contributed by atoms with Gasteiger partial charge in [-0.15, -0.1) is 0 Å². The summed E-state index contributed by atoms with van der Waals surface area (Å²) in [5.41, 5.74) is 2.00. The number of hydrogen-bond donors (Lipinski definition) is 3. The average molecular weight is 498 g/mol. The summed E-state index contributed by atoms with van der Waals surface area (Å²) in [6, 6.07) is 10.1. The fourth-order valence-electron chi connectivity index (χ4n) is 3.86. The molecule has 0 saturated heterocycles. The number of para-hydroxylation sites is 2. The van der Waals surface area contributed by atoms with Gasteiger partial charge in [0.25, 0.3) is 5.91 Å². The number of phenolic OH excluding ortho intramolecular Hbond substituents is 1. The lowest BCUT2D eigenvalue weighted by Gasteiger charge is -2.34. The Morgan fingerprint density at radius 2 is 1.64 bits per heavy atom. The van der Waals surface area contributed by atoms with Crippen molar-refractivity contribution >= 4 is 23.6 Å². The molecule has 2 atom stereocenters. The zero-order valence-electron chi connectivity index (χ0n) is 22.3. The van der Waals surface area contributed by atoms with Gasteiger partial charge in [0, 0.05) is 17.8 Å². The van der Waals surface area contributed by atoms with Gasteiger partial charge in [-0.1, -0.05) is 49.7 Å². The number of ether oxygens (including phenoxy) is 1. The smallest absolute Gasteiger partial charge is 0.408 e. The van der Waals surface area contributed by atoms with Gasteiger partial charge in [0.2, 0.25) is 5.91 Å². The van der Waals surface area contributed by atoms with Gasteiger partial charge in [-0.2, -0.15) is 0 Å². The zero-order chi connectivity index (χ0) is 27.0. The van der Waals surface area contributed by atoms with Crippen LogP contribution in [0.15, 0.2) is 42.5 Å². The lowest BCUT2D eigenvalue weighted by atomic mass is 10.0. The van der Waals surface area contributed by atoms with Gasteiger partial charge >= 0.3 is 6.09 Å². The first-order chi connectivity index (χ1) is 16.9. The molecule has 3 amide bonds. The predicted molar refractivity (Wildman–Crippen MR) is 141 cm³/mol. The van der Waals surface area contributed by atoms with Crippen LogP contribution in [0, 0.1) is 13.8 Å². The van der Waals surface area contributed by atoms with Crippen LogP contribution < -0.4 is 10.6 Å². The summed E-state index contributed by atoms with van der Waals surface area (Å²) < 4.78 is 5.30. The van der Waals surface area contributed by atoms with Crippen LogP contribution >= 0.6 is 0 Å². The molecule has 2 rings (SSSR count). The van der Waals surface area contributed by atoms with E-state index < -0.39 is 35.6 Å². The highest BCUT2D eigenvalue weighted by Crippen LogP contribution is 2.32. The van der Waals surface area contributed by atoms with E-state index in [1.807, 2.05) is 39.0 Å². The van der Waals surface area contributed by atoms with Gasteiger partial charge in [0.1, 0.15) is 23.4 Å². The molecule has 36 heavy (non-hydrogen) atoms. The zero-order valence-corrected chi connectivity index (χ0v) is 22.3. The normalized spacial score (nSPS) is 12.9. The van der Waals surface area contributed by atoms with E-state index in [0.717, 1.165) is 17.5 Å². The van der Waals surface area contributed by atoms with Gasteiger partial charge in [-0.3, -0.25) is 9.59 Å². The van der Waals surface area contributed by atoms with Crippen LogP contribution in [0.3, 0.4) is 0 Å². The second-order valence-corrected chi connectivity index (χ2v) is 9.97. The Bertz CT molecular complexity index is 1060. The van der Waals surface area contributed by atoms with E-state index in [-0.39, 0.29) is 12.3 Å². The van der Waals surface area contributed by atoms with Crippen molar-refractivity contribution in [1.82, 2.24) is 10.2 Å². The molecule has 2 aromatic rings. The molecular weight excluding hydrogens is 458 g/mol. The minimum atomic E-state index is -1.12. The number of nitrogens with zero attached hydrogens (tertiary/aromatic N) is 1. The first-order valence-electron chi connectivity index (χ1n) is 12.3. The molecular formula is C28H39N3O5. The van der Waals surface area contributed by atoms with E-state index in [2.05, 4.69) is 10.6 Å². The maximum Gasteiger partial charge on any atom is 0.408 e. The quantitative estimate of drug-likeness (QED) is 0.440. The fourth-order valence-corrected chi connectivity index (χ4v) is 3.86. The molecule has 2 aromatic carbocycles. The van der Waals surface area contributed by atoms with Crippen molar-refractivity contribution in [2.24, 2.45) is 0 Å². The molecule has 0 fully saturated rings. The summed E-state index contributed by atoms with van der Waals surface area (Å²) in [5.74, 6) is -1.01. The van der Waals surface area contributed by atoms with Gasteiger partial charge in [0.05, 0.1) is 0 Å². The number of carbonyl (C=O) groups is 3. The Kier molecular flexibility index (Phi) is 9.90. The second kappa shape index (κ2) is 12.4. The van der Waals surface area contributed by atoms with Crippen molar-refractivity contribution in [2.75, 3.05) is 11.9 Å². The second-order valence-electron chi connectivity index (χ2n) is 9.97. The lowest BCUT2D eigenvalue weighted by molar-refractivity contribution is -0.140. The molecule has 0 saturated carbocycles. The average Bonchev–Trinajstić information content (AvgIpc) is 2.78. The Balaban J connectivity index is 2.47. The van der Waals surface area contributed by atoms with Crippen molar-refractivity contribution in [3.63, 3.8) is 0 Å². The third-order valence-corrected chi connectivity index (χ3v) is 5.66. The monoisotopic (exact) mass is 497 g/mol. The molecule has 196 valence electrons. The molecule has 0 aliphatic carbocycles. The standard InChI is InChI=1S/C28H39N3O5/c1-8-9-17-31(26(34)20(4)29-27(35)36-28(5,6)7)24(21-15-10-11-16-22(21)32)25(33)30-23-18(2)13-12-14-19(23)3/h10-16,20,24,32H,8-9,17H2,1-7H3,(H,29,35)(H,30,33). The molecule has 0 bridgehead atoms. The predicted octanol–water partition coefficient (Wildman–Crippen LogP) is 5.23. The minimum absolute atomic E-state index is 0.0961. The molecule has 8 heteroatoms. The Hall–Kier alpha value is -3.55.